The second-order valence-corrected chi connectivity index (χ2v) is 5.99. The number of anilines is 1. The Hall–Kier alpha value is -2.33. The van der Waals surface area contributed by atoms with E-state index in [1.165, 1.54) is 0 Å². The standard InChI is InChI=1S/C17H14N2OS/c1-11-10-21-17(19-11)9-18-12-6-7-16-14(8-12)13-4-2-3-5-15(13)20-16/h2-8,10,18H,9H2,1H3. The van der Waals surface area contributed by atoms with Crippen LogP contribution in [0.1, 0.15) is 10.7 Å². The number of aryl methyl sites for hydroxylation is 1. The summed E-state index contributed by atoms with van der Waals surface area (Å²) in [6.45, 7) is 2.77. The molecule has 0 spiro atoms. The molecule has 104 valence electrons. The maximum Gasteiger partial charge on any atom is 0.135 e. The van der Waals surface area contributed by atoms with Crippen LogP contribution in [0, 0.1) is 6.92 Å². The summed E-state index contributed by atoms with van der Waals surface area (Å²) in [6.07, 6.45) is 0. The first kappa shape index (κ1) is 12.4. The summed E-state index contributed by atoms with van der Waals surface area (Å²) in [5.41, 5.74) is 4.02. The van der Waals surface area contributed by atoms with Crippen LogP contribution in [0.4, 0.5) is 5.69 Å². The van der Waals surface area contributed by atoms with Gasteiger partial charge in [-0.3, -0.25) is 0 Å². The molecule has 0 bridgehead atoms. The molecule has 2 aromatic heterocycles. The normalized spacial score (nSPS) is 11.3. The molecule has 2 aromatic carbocycles. The van der Waals surface area contributed by atoms with Gasteiger partial charge in [-0.1, -0.05) is 18.2 Å². The number of benzene rings is 2. The fraction of sp³-hybridized carbons (Fsp3) is 0.118. The number of hydrogen-bond donors (Lipinski definition) is 1. The molecule has 0 aliphatic rings. The number of fused-ring (bicyclic) bond motifs is 3. The average Bonchev–Trinajstić information content (AvgIpc) is 3.08. The van der Waals surface area contributed by atoms with Gasteiger partial charge in [-0.15, -0.1) is 11.3 Å². The highest BCUT2D eigenvalue weighted by Gasteiger charge is 2.07. The molecule has 0 unspecified atom stereocenters. The molecule has 0 saturated heterocycles. The molecular formula is C17H14N2OS. The van der Waals surface area contributed by atoms with Crippen molar-refractivity contribution in [1.29, 1.82) is 0 Å². The van der Waals surface area contributed by atoms with Crippen LogP contribution in [-0.2, 0) is 6.54 Å². The Morgan fingerprint density at radius 1 is 1.10 bits per heavy atom. The lowest BCUT2D eigenvalue weighted by molar-refractivity contribution is 0.669. The van der Waals surface area contributed by atoms with E-state index in [0.717, 1.165) is 44.9 Å². The maximum atomic E-state index is 5.84. The third kappa shape index (κ3) is 2.28. The number of hydrogen-bond acceptors (Lipinski definition) is 4. The van der Waals surface area contributed by atoms with E-state index in [4.69, 9.17) is 4.42 Å². The summed E-state index contributed by atoms with van der Waals surface area (Å²) < 4.78 is 5.84. The molecule has 1 N–H and O–H groups in total. The third-order valence-corrected chi connectivity index (χ3v) is 4.45. The fourth-order valence-corrected chi connectivity index (χ4v) is 3.21. The Bertz CT molecular complexity index is 923. The van der Waals surface area contributed by atoms with Crippen LogP contribution in [-0.4, -0.2) is 4.98 Å². The largest absolute Gasteiger partial charge is 0.456 e. The highest BCUT2D eigenvalue weighted by Crippen LogP contribution is 2.30. The topological polar surface area (TPSA) is 38.1 Å². The Labute approximate surface area is 126 Å². The van der Waals surface area contributed by atoms with Gasteiger partial charge in [-0.2, -0.15) is 0 Å². The van der Waals surface area contributed by atoms with E-state index in [2.05, 4.69) is 27.8 Å². The van der Waals surface area contributed by atoms with Crippen LogP contribution >= 0.6 is 11.3 Å². The molecule has 0 aliphatic heterocycles. The van der Waals surface area contributed by atoms with Crippen LogP contribution in [0.15, 0.2) is 52.3 Å². The van der Waals surface area contributed by atoms with Crippen LogP contribution in [0.5, 0.6) is 0 Å². The number of thiazole rings is 1. The molecule has 0 radical (unpaired) electrons. The van der Waals surface area contributed by atoms with Crippen molar-refractivity contribution in [3.8, 4) is 0 Å². The molecule has 3 nitrogen and oxygen atoms in total. The summed E-state index contributed by atoms with van der Waals surface area (Å²) in [4.78, 5) is 4.47. The van der Waals surface area contributed by atoms with Gasteiger partial charge in [0.15, 0.2) is 0 Å². The summed E-state index contributed by atoms with van der Waals surface area (Å²) in [5.74, 6) is 0. The number of furan rings is 1. The van der Waals surface area contributed by atoms with Crippen LogP contribution in [0.25, 0.3) is 21.9 Å². The van der Waals surface area contributed by atoms with Gasteiger partial charge in [0.2, 0.25) is 0 Å². The molecule has 0 aliphatic carbocycles. The van der Waals surface area contributed by atoms with E-state index in [1.807, 2.05) is 37.3 Å². The molecule has 0 atom stereocenters. The predicted octanol–water partition coefficient (Wildman–Crippen LogP) is 4.96. The molecule has 2 heterocycles. The van der Waals surface area contributed by atoms with E-state index in [0.29, 0.717) is 0 Å². The minimum Gasteiger partial charge on any atom is -0.456 e. The molecule has 0 fully saturated rings. The smallest absolute Gasteiger partial charge is 0.135 e. The van der Waals surface area contributed by atoms with Crippen LogP contribution in [0.3, 0.4) is 0 Å². The van der Waals surface area contributed by atoms with E-state index >= 15 is 0 Å². The summed E-state index contributed by atoms with van der Waals surface area (Å²) in [7, 11) is 0. The Balaban J connectivity index is 1.68. The van der Waals surface area contributed by atoms with Crippen molar-refractivity contribution in [2.75, 3.05) is 5.32 Å². The first-order chi connectivity index (χ1) is 10.3. The van der Waals surface area contributed by atoms with Crippen molar-refractivity contribution < 1.29 is 4.42 Å². The Morgan fingerprint density at radius 3 is 2.81 bits per heavy atom. The number of nitrogens with zero attached hydrogens (tertiary/aromatic N) is 1. The molecular weight excluding hydrogens is 280 g/mol. The lowest BCUT2D eigenvalue weighted by Gasteiger charge is -2.04. The highest BCUT2D eigenvalue weighted by molar-refractivity contribution is 7.09. The Kier molecular flexibility index (Phi) is 2.89. The van der Waals surface area contributed by atoms with Crippen LogP contribution < -0.4 is 5.32 Å². The minimum atomic E-state index is 0.750. The van der Waals surface area contributed by atoms with E-state index in [1.54, 1.807) is 11.3 Å². The van der Waals surface area contributed by atoms with Crippen molar-refractivity contribution in [3.63, 3.8) is 0 Å². The number of rotatable bonds is 3. The lowest BCUT2D eigenvalue weighted by Crippen LogP contribution is -1.98. The van der Waals surface area contributed by atoms with Gasteiger partial charge in [0.1, 0.15) is 16.2 Å². The van der Waals surface area contributed by atoms with Crippen molar-refractivity contribution >= 4 is 39.0 Å². The first-order valence-corrected chi connectivity index (χ1v) is 7.74. The van der Waals surface area contributed by atoms with E-state index < -0.39 is 0 Å². The first-order valence-electron chi connectivity index (χ1n) is 6.86. The van der Waals surface area contributed by atoms with Gasteiger partial charge in [0.25, 0.3) is 0 Å². The minimum absolute atomic E-state index is 0.750. The quantitative estimate of drug-likeness (QED) is 0.580. The third-order valence-electron chi connectivity index (χ3n) is 3.49. The van der Waals surface area contributed by atoms with Gasteiger partial charge in [-0.05, 0) is 31.2 Å². The van der Waals surface area contributed by atoms with E-state index in [9.17, 15) is 0 Å². The van der Waals surface area contributed by atoms with Crippen molar-refractivity contribution in [1.82, 2.24) is 4.98 Å². The predicted molar refractivity (Wildman–Crippen MR) is 87.9 cm³/mol. The summed E-state index contributed by atoms with van der Waals surface area (Å²) >= 11 is 1.68. The number of nitrogens with one attached hydrogen (secondary N) is 1. The number of aromatic nitrogens is 1. The molecule has 0 amide bonds. The molecule has 4 heteroatoms. The van der Waals surface area contributed by atoms with Crippen molar-refractivity contribution in [3.05, 3.63) is 58.5 Å². The average molecular weight is 294 g/mol. The van der Waals surface area contributed by atoms with Gasteiger partial charge in [-0.25, -0.2) is 4.98 Å². The van der Waals surface area contributed by atoms with Gasteiger partial charge >= 0.3 is 0 Å². The lowest BCUT2D eigenvalue weighted by atomic mass is 10.1. The van der Waals surface area contributed by atoms with Gasteiger partial charge < -0.3 is 9.73 Å². The van der Waals surface area contributed by atoms with Gasteiger partial charge in [0.05, 0.1) is 6.54 Å². The zero-order chi connectivity index (χ0) is 14.2. The molecule has 21 heavy (non-hydrogen) atoms. The van der Waals surface area contributed by atoms with E-state index in [-0.39, 0.29) is 0 Å². The summed E-state index contributed by atoms with van der Waals surface area (Å²) in [6, 6.07) is 14.3. The zero-order valence-electron chi connectivity index (χ0n) is 11.6. The summed E-state index contributed by atoms with van der Waals surface area (Å²) in [5, 5.41) is 8.90. The SMILES string of the molecule is Cc1csc(CNc2ccc3oc4ccccc4c3c2)n1. The Morgan fingerprint density at radius 2 is 1.95 bits per heavy atom. The van der Waals surface area contributed by atoms with Gasteiger partial charge in [0, 0.05) is 27.5 Å². The van der Waals surface area contributed by atoms with Crippen molar-refractivity contribution in [2.24, 2.45) is 0 Å². The molecule has 4 aromatic rings. The highest BCUT2D eigenvalue weighted by atomic mass is 32.1. The monoisotopic (exact) mass is 294 g/mol. The maximum absolute atomic E-state index is 5.84. The van der Waals surface area contributed by atoms with Crippen LogP contribution in [0.2, 0.25) is 0 Å². The number of para-hydroxylation sites is 1. The molecule has 4 rings (SSSR count). The second kappa shape index (κ2) is 4.90. The fourth-order valence-electron chi connectivity index (χ4n) is 2.50. The zero-order valence-corrected chi connectivity index (χ0v) is 12.4. The second-order valence-electron chi connectivity index (χ2n) is 5.05. The van der Waals surface area contributed by atoms with Crippen molar-refractivity contribution in [2.45, 2.75) is 13.5 Å². The molecule has 0 saturated carbocycles.